The van der Waals surface area contributed by atoms with Gasteiger partial charge in [0.2, 0.25) is 0 Å². The minimum absolute atomic E-state index is 0.0234. The second kappa shape index (κ2) is 8.73. The summed E-state index contributed by atoms with van der Waals surface area (Å²) >= 11 is 3.52. The lowest BCUT2D eigenvalue weighted by Gasteiger charge is -2.19. The Hall–Kier alpha value is -2.01. The molecule has 2 aromatic rings. The number of carbonyl (C=O) groups excluding carboxylic acids is 1. The second-order valence-electron chi connectivity index (χ2n) is 5.77. The van der Waals surface area contributed by atoms with E-state index in [-0.39, 0.29) is 12.5 Å². The summed E-state index contributed by atoms with van der Waals surface area (Å²) < 4.78 is 6.65. The molecule has 2 rings (SSSR count). The monoisotopic (exact) mass is 390 g/mol. The number of ether oxygens (including phenoxy) is 1. The van der Waals surface area contributed by atoms with Crippen LogP contribution < -0.4 is 15.0 Å². The molecule has 0 radical (unpaired) electrons. The first-order valence-electron chi connectivity index (χ1n) is 7.90. The first-order chi connectivity index (χ1) is 11.5. The van der Waals surface area contributed by atoms with Gasteiger partial charge < -0.3 is 15.0 Å². The van der Waals surface area contributed by atoms with E-state index in [0.29, 0.717) is 12.3 Å². The third kappa shape index (κ3) is 5.27. The predicted octanol–water partition coefficient (Wildman–Crippen LogP) is 3.70. The van der Waals surface area contributed by atoms with Crippen molar-refractivity contribution in [3.8, 4) is 5.75 Å². The molecule has 128 valence electrons. The van der Waals surface area contributed by atoms with Gasteiger partial charge in [0.05, 0.1) is 0 Å². The molecule has 0 saturated heterocycles. The molecule has 4 nitrogen and oxygen atoms in total. The normalized spacial score (nSPS) is 10.3. The van der Waals surface area contributed by atoms with Crippen molar-refractivity contribution >= 4 is 27.5 Å². The molecule has 2 aromatic carbocycles. The van der Waals surface area contributed by atoms with Crippen molar-refractivity contribution in [3.63, 3.8) is 0 Å². The molecule has 0 aliphatic carbocycles. The van der Waals surface area contributed by atoms with Crippen molar-refractivity contribution in [2.75, 3.05) is 31.6 Å². The van der Waals surface area contributed by atoms with Crippen LogP contribution in [0.15, 0.2) is 46.9 Å². The van der Waals surface area contributed by atoms with Gasteiger partial charge in [0.1, 0.15) is 5.75 Å². The smallest absolute Gasteiger partial charge is 0.258 e. The fourth-order valence-electron chi connectivity index (χ4n) is 2.36. The number of nitrogens with zero attached hydrogens (tertiary/aromatic N) is 1. The van der Waals surface area contributed by atoms with Crippen molar-refractivity contribution in [2.45, 2.75) is 13.8 Å². The van der Waals surface area contributed by atoms with Crippen LogP contribution in [-0.2, 0) is 4.79 Å². The Bertz CT molecular complexity index is 666. The lowest BCUT2D eigenvalue weighted by molar-refractivity contribution is -0.123. The molecular formula is C19H23BrN2O2. The summed E-state index contributed by atoms with van der Waals surface area (Å²) in [4.78, 5) is 14.0. The minimum Gasteiger partial charge on any atom is -0.484 e. The lowest BCUT2D eigenvalue weighted by atomic mass is 10.1. The van der Waals surface area contributed by atoms with Crippen molar-refractivity contribution in [2.24, 2.45) is 0 Å². The van der Waals surface area contributed by atoms with Gasteiger partial charge >= 0.3 is 0 Å². The van der Waals surface area contributed by atoms with E-state index in [2.05, 4.69) is 26.1 Å². The molecule has 1 amide bonds. The Morgan fingerprint density at radius 3 is 2.42 bits per heavy atom. The highest BCUT2D eigenvalue weighted by Gasteiger charge is 2.07. The fraction of sp³-hybridized carbons (Fsp3) is 0.316. The number of halogens is 1. The highest BCUT2D eigenvalue weighted by atomic mass is 79.9. The maximum Gasteiger partial charge on any atom is 0.258 e. The van der Waals surface area contributed by atoms with E-state index in [9.17, 15) is 4.79 Å². The van der Waals surface area contributed by atoms with E-state index >= 15 is 0 Å². The molecule has 0 aromatic heterocycles. The van der Waals surface area contributed by atoms with E-state index in [0.717, 1.165) is 27.8 Å². The lowest BCUT2D eigenvalue weighted by Crippen LogP contribution is -2.35. The number of rotatable bonds is 7. The summed E-state index contributed by atoms with van der Waals surface area (Å²) in [5, 5.41) is 2.88. The number of anilines is 1. The molecule has 0 unspecified atom stereocenters. The first-order valence-corrected chi connectivity index (χ1v) is 8.69. The van der Waals surface area contributed by atoms with E-state index in [1.165, 1.54) is 0 Å². The van der Waals surface area contributed by atoms with Gasteiger partial charge in [-0.15, -0.1) is 0 Å². The molecule has 0 atom stereocenters. The van der Waals surface area contributed by atoms with Crippen LogP contribution in [0.5, 0.6) is 5.75 Å². The van der Waals surface area contributed by atoms with E-state index < -0.39 is 0 Å². The third-order valence-electron chi connectivity index (χ3n) is 3.75. The first kappa shape index (κ1) is 18.3. The van der Waals surface area contributed by atoms with Gasteiger partial charge in [-0.2, -0.15) is 0 Å². The molecule has 1 N–H and O–H groups in total. The van der Waals surface area contributed by atoms with E-state index in [1.54, 1.807) is 0 Å². The number of benzene rings is 2. The number of nitrogens with one attached hydrogen (secondary N) is 1. The maximum absolute atomic E-state index is 11.9. The van der Waals surface area contributed by atoms with Gasteiger partial charge in [0, 0.05) is 30.3 Å². The maximum atomic E-state index is 11.9. The Kier molecular flexibility index (Phi) is 6.67. The molecule has 0 aliphatic rings. The number of hydrogen-bond donors (Lipinski definition) is 1. The summed E-state index contributed by atoms with van der Waals surface area (Å²) in [6.07, 6.45) is 0. The molecule has 0 spiro atoms. The molecular weight excluding hydrogens is 368 g/mol. The van der Waals surface area contributed by atoms with Gasteiger partial charge in [-0.1, -0.05) is 34.1 Å². The van der Waals surface area contributed by atoms with E-state index in [4.69, 9.17) is 4.74 Å². The average Bonchev–Trinajstić information content (AvgIpc) is 2.58. The summed E-state index contributed by atoms with van der Waals surface area (Å²) in [7, 11) is 2.01. The SMILES string of the molecule is Cc1cc(OCC(=O)NCCN(C)c2ccccc2)cc(C)c1Br. The Morgan fingerprint density at radius 2 is 1.79 bits per heavy atom. The fourth-order valence-corrected chi connectivity index (χ4v) is 2.59. The highest BCUT2D eigenvalue weighted by Crippen LogP contribution is 2.26. The summed E-state index contributed by atoms with van der Waals surface area (Å²) in [5.41, 5.74) is 3.31. The highest BCUT2D eigenvalue weighted by molar-refractivity contribution is 9.10. The van der Waals surface area contributed by atoms with Gasteiger partial charge in [0.25, 0.3) is 5.91 Å². The van der Waals surface area contributed by atoms with Crippen LogP contribution in [-0.4, -0.2) is 32.7 Å². The third-order valence-corrected chi connectivity index (χ3v) is 5.00. The van der Waals surface area contributed by atoms with Crippen LogP contribution in [0.25, 0.3) is 0 Å². The molecule has 5 heteroatoms. The molecule has 0 saturated carbocycles. The van der Waals surface area contributed by atoms with Gasteiger partial charge in [0.15, 0.2) is 6.61 Å². The van der Waals surface area contributed by atoms with Crippen LogP contribution in [0.4, 0.5) is 5.69 Å². The van der Waals surface area contributed by atoms with Crippen LogP contribution in [0, 0.1) is 13.8 Å². The molecule has 0 fully saturated rings. The topological polar surface area (TPSA) is 41.6 Å². The van der Waals surface area contributed by atoms with Crippen LogP contribution >= 0.6 is 15.9 Å². The number of hydrogen-bond acceptors (Lipinski definition) is 3. The summed E-state index contributed by atoms with van der Waals surface area (Å²) in [6.45, 7) is 5.35. The van der Waals surface area contributed by atoms with E-state index in [1.807, 2.05) is 63.4 Å². The number of likely N-dealkylation sites (N-methyl/N-ethyl adjacent to an activating group) is 1. The number of amides is 1. The largest absolute Gasteiger partial charge is 0.484 e. The summed E-state index contributed by atoms with van der Waals surface area (Å²) in [5.74, 6) is 0.597. The van der Waals surface area contributed by atoms with Crippen molar-refractivity contribution < 1.29 is 9.53 Å². The zero-order chi connectivity index (χ0) is 17.5. The Morgan fingerprint density at radius 1 is 1.17 bits per heavy atom. The second-order valence-corrected chi connectivity index (χ2v) is 6.56. The van der Waals surface area contributed by atoms with Gasteiger partial charge in [-0.05, 0) is 49.2 Å². The van der Waals surface area contributed by atoms with Crippen LogP contribution in [0.2, 0.25) is 0 Å². The van der Waals surface area contributed by atoms with Gasteiger partial charge in [-0.25, -0.2) is 0 Å². The van der Waals surface area contributed by atoms with Crippen molar-refractivity contribution in [1.82, 2.24) is 5.32 Å². The van der Waals surface area contributed by atoms with Crippen LogP contribution in [0.1, 0.15) is 11.1 Å². The Labute approximate surface area is 151 Å². The summed E-state index contributed by atoms with van der Waals surface area (Å²) in [6, 6.07) is 13.9. The quantitative estimate of drug-likeness (QED) is 0.783. The standard InChI is InChI=1S/C19H23BrN2O2/c1-14-11-17(12-15(2)19(14)20)24-13-18(23)21-9-10-22(3)16-7-5-4-6-8-16/h4-8,11-12H,9-10,13H2,1-3H3,(H,21,23). The molecule has 24 heavy (non-hydrogen) atoms. The molecule has 0 aliphatic heterocycles. The number of aryl methyl sites for hydroxylation is 2. The number of para-hydroxylation sites is 1. The molecule has 0 bridgehead atoms. The predicted molar refractivity (Wildman–Crippen MR) is 102 cm³/mol. The van der Waals surface area contributed by atoms with Crippen molar-refractivity contribution in [3.05, 3.63) is 58.1 Å². The minimum atomic E-state index is -0.116. The average molecular weight is 391 g/mol. The number of carbonyl (C=O) groups is 1. The molecule has 0 heterocycles. The zero-order valence-corrected chi connectivity index (χ0v) is 15.9. The zero-order valence-electron chi connectivity index (χ0n) is 14.3. The van der Waals surface area contributed by atoms with Crippen molar-refractivity contribution in [1.29, 1.82) is 0 Å². The Balaban J connectivity index is 1.74. The van der Waals surface area contributed by atoms with Crippen LogP contribution in [0.3, 0.4) is 0 Å². The van der Waals surface area contributed by atoms with Gasteiger partial charge in [-0.3, -0.25) is 4.79 Å².